The maximum atomic E-state index is 3.25. The van der Waals surface area contributed by atoms with Crippen LogP contribution in [0.15, 0.2) is 42.5 Å². The van der Waals surface area contributed by atoms with Gasteiger partial charge in [0.15, 0.2) is 0 Å². The van der Waals surface area contributed by atoms with Gasteiger partial charge in [-0.05, 0) is 36.4 Å². The lowest BCUT2D eigenvalue weighted by atomic mass is 10.0. The molecule has 1 N–H and O–H groups in total. The molecule has 1 nitrogen and oxygen atoms in total. The van der Waals surface area contributed by atoms with Gasteiger partial charge in [0.2, 0.25) is 0 Å². The molecular formula is C13H15N. The van der Waals surface area contributed by atoms with Crippen molar-refractivity contribution in [2.24, 2.45) is 0 Å². The van der Waals surface area contributed by atoms with E-state index < -0.39 is 0 Å². The average molecular weight is 185 g/mol. The van der Waals surface area contributed by atoms with Crippen molar-refractivity contribution < 1.29 is 0 Å². The summed E-state index contributed by atoms with van der Waals surface area (Å²) in [6.07, 6.45) is 0. The van der Waals surface area contributed by atoms with Crippen molar-refractivity contribution >= 4 is 10.8 Å². The summed E-state index contributed by atoms with van der Waals surface area (Å²) in [6, 6.07) is 15.5. The molecule has 2 aromatic carbocycles. The van der Waals surface area contributed by atoms with Crippen molar-refractivity contribution in [2.75, 3.05) is 7.05 Å². The van der Waals surface area contributed by atoms with Crippen LogP contribution in [0, 0.1) is 0 Å². The number of fused-ring (bicyclic) bond motifs is 1. The lowest BCUT2D eigenvalue weighted by Gasteiger charge is -2.11. The Morgan fingerprint density at radius 1 is 1.00 bits per heavy atom. The van der Waals surface area contributed by atoms with E-state index in [0.29, 0.717) is 6.04 Å². The van der Waals surface area contributed by atoms with Gasteiger partial charge in [-0.1, -0.05) is 36.4 Å². The van der Waals surface area contributed by atoms with Crippen LogP contribution in [-0.4, -0.2) is 7.05 Å². The molecule has 0 unspecified atom stereocenters. The molecule has 0 spiro atoms. The summed E-state index contributed by atoms with van der Waals surface area (Å²) in [5, 5.41) is 5.86. The number of rotatable bonds is 2. The SMILES string of the molecule is CN[C@@H](C)c1ccc2ccccc2c1. The highest BCUT2D eigenvalue weighted by Crippen LogP contribution is 2.19. The first kappa shape index (κ1) is 9.22. The molecule has 0 heterocycles. The van der Waals surface area contributed by atoms with Gasteiger partial charge in [-0.25, -0.2) is 0 Å². The molecule has 0 aliphatic heterocycles. The van der Waals surface area contributed by atoms with Crippen LogP contribution in [0.3, 0.4) is 0 Å². The Morgan fingerprint density at radius 3 is 2.43 bits per heavy atom. The summed E-state index contributed by atoms with van der Waals surface area (Å²) in [5.74, 6) is 0. The molecule has 0 radical (unpaired) electrons. The van der Waals surface area contributed by atoms with E-state index in [1.54, 1.807) is 0 Å². The summed E-state index contributed by atoms with van der Waals surface area (Å²) in [4.78, 5) is 0. The van der Waals surface area contributed by atoms with E-state index in [-0.39, 0.29) is 0 Å². The molecule has 0 aliphatic carbocycles. The van der Waals surface area contributed by atoms with Crippen LogP contribution < -0.4 is 5.32 Å². The Morgan fingerprint density at radius 2 is 1.71 bits per heavy atom. The van der Waals surface area contributed by atoms with Crippen molar-refractivity contribution in [1.82, 2.24) is 5.32 Å². The fourth-order valence-corrected chi connectivity index (χ4v) is 1.64. The van der Waals surface area contributed by atoms with Gasteiger partial charge in [0.05, 0.1) is 0 Å². The maximum Gasteiger partial charge on any atom is 0.0289 e. The molecule has 0 aromatic heterocycles. The van der Waals surface area contributed by atoms with Gasteiger partial charge in [-0.2, -0.15) is 0 Å². The van der Waals surface area contributed by atoms with Crippen LogP contribution in [0.4, 0.5) is 0 Å². The predicted octanol–water partition coefficient (Wildman–Crippen LogP) is 3.12. The summed E-state index contributed by atoms with van der Waals surface area (Å²) in [7, 11) is 1.99. The minimum atomic E-state index is 0.416. The first-order valence-electron chi connectivity index (χ1n) is 4.97. The van der Waals surface area contributed by atoms with E-state index >= 15 is 0 Å². The first-order chi connectivity index (χ1) is 6.81. The molecule has 2 rings (SSSR count). The van der Waals surface area contributed by atoms with Crippen LogP contribution in [0.25, 0.3) is 10.8 Å². The monoisotopic (exact) mass is 185 g/mol. The van der Waals surface area contributed by atoms with Crippen molar-refractivity contribution in [3.8, 4) is 0 Å². The lowest BCUT2D eigenvalue weighted by Crippen LogP contribution is -2.11. The van der Waals surface area contributed by atoms with Gasteiger partial charge in [-0.15, -0.1) is 0 Å². The second-order valence-electron chi connectivity index (χ2n) is 3.62. The van der Waals surface area contributed by atoms with Crippen molar-refractivity contribution in [2.45, 2.75) is 13.0 Å². The highest BCUT2D eigenvalue weighted by atomic mass is 14.8. The summed E-state index contributed by atoms with van der Waals surface area (Å²) in [5.41, 5.74) is 1.34. The Bertz CT molecular complexity index is 434. The van der Waals surface area contributed by atoms with Crippen LogP contribution in [-0.2, 0) is 0 Å². The van der Waals surface area contributed by atoms with Crippen molar-refractivity contribution in [3.05, 3.63) is 48.0 Å². The zero-order valence-electron chi connectivity index (χ0n) is 8.62. The van der Waals surface area contributed by atoms with E-state index in [0.717, 1.165) is 0 Å². The normalized spacial score (nSPS) is 13.0. The van der Waals surface area contributed by atoms with Gasteiger partial charge in [-0.3, -0.25) is 0 Å². The molecule has 2 aromatic rings. The number of hydrogen-bond donors (Lipinski definition) is 1. The highest BCUT2D eigenvalue weighted by Gasteiger charge is 2.02. The second-order valence-corrected chi connectivity index (χ2v) is 3.62. The zero-order chi connectivity index (χ0) is 9.97. The van der Waals surface area contributed by atoms with Gasteiger partial charge < -0.3 is 5.32 Å². The fourth-order valence-electron chi connectivity index (χ4n) is 1.64. The van der Waals surface area contributed by atoms with Crippen molar-refractivity contribution in [3.63, 3.8) is 0 Å². The quantitative estimate of drug-likeness (QED) is 0.758. The maximum absolute atomic E-state index is 3.25. The van der Waals surface area contributed by atoms with E-state index in [9.17, 15) is 0 Å². The molecule has 72 valence electrons. The van der Waals surface area contributed by atoms with Crippen LogP contribution in [0.1, 0.15) is 18.5 Å². The first-order valence-corrected chi connectivity index (χ1v) is 4.97. The molecule has 1 heteroatoms. The highest BCUT2D eigenvalue weighted by molar-refractivity contribution is 5.83. The van der Waals surface area contributed by atoms with Crippen LogP contribution in [0.2, 0.25) is 0 Å². The van der Waals surface area contributed by atoms with E-state index in [1.165, 1.54) is 16.3 Å². The zero-order valence-corrected chi connectivity index (χ0v) is 8.62. The second kappa shape index (κ2) is 3.81. The van der Waals surface area contributed by atoms with Gasteiger partial charge in [0.25, 0.3) is 0 Å². The van der Waals surface area contributed by atoms with Gasteiger partial charge >= 0.3 is 0 Å². The fraction of sp³-hybridized carbons (Fsp3) is 0.231. The third kappa shape index (κ3) is 1.64. The topological polar surface area (TPSA) is 12.0 Å². The molecular weight excluding hydrogens is 170 g/mol. The Labute approximate surface area is 84.8 Å². The van der Waals surface area contributed by atoms with Crippen LogP contribution in [0.5, 0.6) is 0 Å². The Balaban J connectivity index is 2.51. The molecule has 0 amide bonds. The predicted molar refractivity (Wildman–Crippen MR) is 61.4 cm³/mol. The Kier molecular flexibility index (Phi) is 2.51. The largest absolute Gasteiger partial charge is 0.313 e. The third-order valence-electron chi connectivity index (χ3n) is 2.71. The molecule has 0 fully saturated rings. The smallest absolute Gasteiger partial charge is 0.0289 e. The average Bonchev–Trinajstić information content (AvgIpc) is 2.27. The molecule has 0 saturated heterocycles. The summed E-state index contributed by atoms with van der Waals surface area (Å²) >= 11 is 0. The van der Waals surface area contributed by atoms with Gasteiger partial charge in [0, 0.05) is 6.04 Å². The minimum absolute atomic E-state index is 0.416. The van der Waals surface area contributed by atoms with Crippen LogP contribution >= 0.6 is 0 Å². The van der Waals surface area contributed by atoms with E-state index in [2.05, 4.69) is 54.7 Å². The molecule has 0 bridgehead atoms. The molecule has 0 saturated carbocycles. The lowest BCUT2D eigenvalue weighted by molar-refractivity contribution is 0.653. The Hall–Kier alpha value is -1.34. The molecule has 0 aliphatic rings. The van der Waals surface area contributed by atoms with Gasteiger partial charge in [0.1, 0.15) is 0 Å². The minimum Gasteiger partial charge on any atom is -0.313 e. The van der Waals surface area contributed by atoms with E-state index in [1.807, 2.05) is 7.05 Å². The van der Waals surface area contributed by atoms with E-state index in [4.69, 9.17) is 0 Å². The molecule has 14 heavy (non-hydrogen) atoms. The standard InChI is InChI=1S/C13H15N/c1-10(14-2)12-8-7-11-5-3-4-6-13(11)9-12/h3-10,14H,1-2H3/t10-/m0/s1. The summed E-state index contributed by atoms with van der Waals surface area (Å²) in [6.45, 7) is 2.17. The number of nitrogens with one attached hydrogen (secondary N) is 1. The molecule has 1 atom stereocenters. The third-order valence-corrected chi connectivity index (χ3v) is 2.71. The van der Waals surface area contributed by atoms with Crippen molar-refractivity contribution in [1.29, 1.82) is 0 Å². The summed E-state index contributed by atoms with van der Waals surface area (Å²) < 4.78 is 0. The number of benzene rings is 2. The number of hydrogen-bond acceptors (Lipinski definition) is 1.